The van der Waals surface area contributed by atoms with Gasteiger partial charge < -0.3 is 9.64 Å². The number of esters is 1. The largest absolute Gasteiger partial charge is 0.449 e. The number of benzene rings is 1. The molecule has 4 rings (SSSR count). The molecule has 1 atom stereocenters. The van der Waals surface area contributed by atoms with E-state index >= 15 is 0 Å². The molecule has 1 aromatic carbocycles. The average Bonchev–Trinajstić information content (AvgIpc) is 3.36. The molecular weight excluding hydrogens is 392 g/mol. The van der Waals surface area contributed by atoms with E-state index in [-0.39, 0.29) is 17.9 Å². The van der Waals surface area contributed by atoms with Gasteiger partial charge in [0.2, 0.25) is 0 Å². The van der Waals surface area contributed by atoms with E-state index in [1.54, 1.807) is 28.8 Å². The molecule has 1 amide bonds. The number of hydrogen-bond donors (Lipinski definition) is 0. The predicted molar refractivity (Wildman–Crippen MR) is 119 cm³/mol. The molecule has 7 nitrogen and oxygen atoms in total. The zero-order chi connectivity index (χ0) is 22.3. The number of aromatic nitrogens is 3. The SMILES string of the molecule is CC(C)c1cc(C(=O)O[C@H](C)C(=O)N2CCc3ccccc32)c2cnn(C(C)C)c2n1. The number of fused-ring (bicyclic) bond motifs is 2. The number of carbonyl (C=O) groups is 2. The summed E-state index contributed by atoms with van der Waals surface area (Å²) in [7, 11) is 0. The Morgan fingerprint density at radius 1 is 1.10 bits per heavy atom. The smallest absolute Gasteiger partial charge is 0.339 e. The molecule has 7 heteroatoms. The maximum Gasteiger partial charge on any atom is 0.339 e. The van der Waals surface area contributed by atoms with Gasteiger partial charge >= 0.3 is 5.97 Å². The molecule has 0 N–H and O–H groups in total. The van der Waals surface area contributed by atoms with Crippen LogP contribution >= 0.6 is 0 Å². The molecule has 0 saturated heterocycles. The Bertz CT molecular complexity index is 1150. The van der Waals surface area contributed by atoms with E-state index in [2.05, 4.69) is 5.10 Å². The first-order chi connectivity index (χ1) is 14.8. The number of para-hydroxylation sites is 1. The van der Waals surface area contributed by atoms with Gasteiger partial charge in [-0.05, 0) is 50.8 Å². The highest BCUT2D eigenvalue weighted by atomic mass is 16.5. The van der Waals surface area contributed by atoms with Crippen molar-refractivity contribution in [2.45, 2.75) is 59.1 Å². The van der Waals surface area contributed by atoms with Gasteiger partial charge in [0.1, 0.15) is 0 Å². The lowest BCUT2D eigenvalue weighted by Crippen LogP contribution is -2.39. The fourth-order valence-electron chi connectivity index (χ4n) is 3.94. The lowest BCUT2D eigenvalue weighted by molar-refractivity contribution is -0.126. The second-order valence-corrected chi connectivity index (χ2v) is 8.59. The molecule has 0 bridgehead atoms. The molecule has 0 radical (unpaired) electrons. The van der Waals surface area contributed by atoms with Crippen LogP contribution in [0.25, 0.3) is 11.0 Å². The molecule has 31 heavy (non-hydrogen) atoms. The van der Waals surface area contributed by atoms with Crippen LogP contribution in [-0.4, -0.2) is 39.3 Å². The van der Waals surface area contributed by atoms with E-state index < -0.39 is 12.1 Å². The normalized spacial score (nSPS) is 14.4. The molecule has 1 aliphatic rings. The molecule has 3 heterocycles. The first-order valence-electron chi connectivity index (χ1n) is 10.8. The van der Waals surface area contributed by atoms with Gasteiger partial charge in [-0.25, -0.2) is 14.5 Å². The summed E-state index contributed by atoms with van der Waals surface area (Å²) in [6.45, 7) is 10.3. The van der Waals surface area contributed by atoms with Gasteiger partial charge in [-0.15, -0.1) is 0 Å². The van der Waals surface area contributed by atoms with E-state index in [4.69, 9.17) is 9.72 Å². The van der Waals surface area contributed by atoms with Crippen molar-refractivity contribution in [2.24, 2.45) is 0 Å². The molecule has 0 saturated carbocycles. The number of amides is 1. The molecule has 0 fully saturated rings. The van der Waals surface area contributed by atoms with Gasteiger partial charge in [0.25, 0.3) is 5.91 Å². The Morgan fingerprint density at radius 3 is 2.55 bits per heavy atom. The minimum Gasteiger partial charge on any atom is -0.449 e. The quantitative estimate of drug-likeness (QED) is 0.576. The molecule has 0 unspecified atom stereocenters. The summed E-state index contributed by atoms with van der Waals surface area (Å²) in [6, 6.07) is 9.68. The Hall–Kier alpha value is -3.22. The number of nitrogens with zero attached hydrogens (tertiary/aromatic N) is 4. The zero-order valence-electron chi connectivity index (χ0n) is 18.6. The molecular formula is C24H28N4O3. The van der Waals surface area contributed by atoms with Crippen molar-refractivity contribution in [3.05, 3.63) is 53.3 Å². The van der Waals surface area contributed by atoms with Crippen molar-refractivity contribution in [1.82, 2.24) is 14.8 Å². The summed E-state index contributed by atoms with van der Waals surface area (Å²) in [5.74, 6) is -0.622. The van der Waals surface area contributed by atoms with Crippen LogP contribution in [0.5, 0.6) is 0 Å². The fraction of sp³-hybridized carbons (Fsp3) is 0.417. The van der Waals surface area contributed by atoms with Crippen LogP contribution in [0.3, 0.4) is 0 Å². The Labute approximate surface area is 182 Å². The Morgan fingerprint density at radius 2 is 1.84 bits per heavy atom. The van der Waals surface area contributed by atoms with Gasteiger partial charge in [-0.1, -0.05) is 32.0 Å². The summed E-state index contributed by atoms with van der Waals surface area (Å²) >= 11 is 0. The monoisotopic (exact) mass is 420 g/mol. The van der Waals surface area contributed by atoms with Gasteiger partial charge in [0, 0.05) is 24.0 Å². The first kappa shape index (κ1) is 21.0. The third-order valence-corrected chi connectivity index (χ3v) is 5.67. The van der Waals surface area contributed by atoms with Gasteiger partial charge in [-0.2, -0.15) is 5.10 Å². The second-order valence-electron chi connectivity index (χ2n) is 8.59. The zero-order valence-corrected chi connectivity index (χ0v) is 18.6. The molecule has 2 aromatic heterocycles. The standard InChI is InChI=1S/C24H28N4O3/c1-14(2)20-12-18(19-13-25-28(15(3)4)22(19)26-20)24(30)31-16(5)23(29)27-11-10-17-8-6-7-9-21(17)27/h6-9,12-16H,10-11H2,1-5H3/t16-/m1/s1. The van der Waals surface area contributed by atoms with E-state index in [0.29, 0.717) is 23.1 Å². The van der Waals surface area contributed by atoms with E-state index in [1.807, 2.05) is 52.0 Å². The van der Waals surface area contributed by atoms with Crippen LogP contribution in [0.4, 0.5) is 5.69 Å². The van der Waals surface area contributed by atoms with Crippen molar-refractivity contribution >= 4 is 28.6 Å². The van der Waals surface area contributed by atoms with Crippen LogP contribution in [-0.2, 0) is 16.0 Å². The Balaban J connectivity index is 1.62. The summed E-state index contributed by atoms with van der Waals surface area (Å²) in [5, 5.41) is 5.05. The van der Waals surface area contributed by atoms with Gasteiger partial charge in [0.05, 0.1) is 17.1 Å². The third-order valence-electron chi connectivity index (χ3n) is 5.67. The van der Waals surface area contributed by atoms with E-state index in [0.717, 1.165) is 23.4 Å². The maximum atomic E-state index is 13.1. The van der Waals surface area contributed by atoms with Crippen LogP contribution in [0.2, 0.25) is 0 Å². The average molecular weight is 421 g/mol. The number of anilines is 1. The lowest BCUT2D eigenvalue weighted by Gasteiger charge is -2.22. The minimum atomic E-state index is -0.899. The number of rotatable bonds is 5. The van der Waals surface area contributed by atoms with Crippen LogP contribution in [0.15, 0.2) is 36.5 Å². The van der Waals surface area contributed by atoms with Crippen molar-refractivity contribution in [3.63, 3.8) is 0 Å². The van der Waals surface area contributed by atoms with Gasteiger partial charge in [0.15, 0.2) is 11.8 Å². The molecule has 0 aliphatic carbocycles. The number of hydrogen-bond acceptors (Lipinski definition) is 5. The van der Waals surface area contributed by atoms with E-state index in [1.165, 1.54) is 0 Å². The first-order valence-corrected chi connectivity index (χ1v) is 10.8. The van der Waals surface area contributed by atoms with Crippen molar-refractivity contribution in [1.29, 1.82) is 0 Å². The summed E-state index contributed by atoms with van der Waals surface area (Å²) in [6.07, 6.45) is 1.55. The second kappa shape index (κ2) is 8.13. The molecule has 1 aliphatic heterocycles. The highest BCUT2D eigenvalue weighted by molar-refractivity contribution is 6.05. The topological polar surface area (TPSA) is 77.3 Å². The number of pyridine rings is 1. The molecule has 162 valence electrons. The fourth-order valence-corrected chi connectivity index (χ4v) is 3.94. The maximum absolute atomic E-state index is 13.1. The van der Waals surface area contributed by atoms with Crippen LogP contribution in [0.1, 0.15) is 68.2 Å². The van der Waals surface area contributed by atoms with Crippen molar-refractivity contribution in [3.8, 4) is 0 Å². The van der Waals surface area contributed by atoms with Crippen molar-refractivity contribution in [2.75, 3.05) is 11.4 Å². The summed E-state index contributed by atoms with van der Waals surface area (Å²) < 4.78 is 7.44. The minimum absolute atomic E-state index is 0.104. The van der Waals surface area contributed by atoms with Crippen LogP contribution in [0, 0.1) is 0 Å². The lowest BCUT2D eigenvalue weighted by atomic mass is 10.1. The summed E-state index contributed by atoms with van der Waals surface area (Å²) in [5.41, 5.74) is 3.85. The highest BCUT2D eigenvalue weighted by Crippen LogP contribution is 2.29. The highest BCUT2D eigenvalue weighted by Gasteiger charge is 2.30. The molecule has 3 aromatic rings. The number of ether oxygens (including phenoxy) is 1. The van der Waals surface area contributed by atoms with Gasteiger partial charge in [-0.3, -0.25) is 4.79 Å². The molecule has 0 spiro atoms. The predicted octanol–water partition coefficient (Wildman–Crippen LogP) is 4.27. The van der Waals surface area contributed by atoms with Crippen molar-refractivity contribution < 1.29 is 14.3 Å². The number of carbonyl (C=O) groups excluding carboxylic acids is 2. The summed E-state index contributed by atoms with van der Waals surface area (Å²) in [4.78, 5) is 32.6. The Kier molecular flexibility index (Phi) is 5.52. The van der Waals surface area contributed by atoms with E-state index in [9.17, 15) is 9.59 Å². The third kappa shape index (κ3) is 3.80. The van der Waals surface area contributed by atoms with Crippen LogP contribution < -0.4 is 4.90 Å².